The zero-order chi connectivity index (χ0) is 24.9. The van der Waals surface area contributed by atoms with Crippen LogP contribution < -0.4 is 4.74 Å². The maximum Gasteiger partial charge on any atom is 0.263 e. The van der Waals surface area contributed by atoms with E-state index in [4.69, 9.17) is 9.15 Å². The number of rotatable bonds is 8. The number of nitrogens with zero attached hydrogens (tertiary/aromatic N) is 2. The lowest BCUT2D eigenvalue weighted by atomic mass is 9.87. The third-order valence-corrected chi connectivity index (χ3v) is 6.60. The van der Waals surface area contributed by atoms with Gasteiger partial charge in [0.2, 0.25) is 5.91 Å². The third-order valence-electron chi connectivity index (χ3n) is 6.60. The van der Waals surface area contributed by atoms with Crippen LogP contribution in [0.1, 0.15) is 60.7 Å². The lowest BCUT2D eigenvalue weighted by molar-refractivity contribution is -0.138. The van der Waals surface area contributed by atoms with Crippen LogP contribution in [0.25, 0.3) is 0 Å². The minimum absolute atomic E-state index is 0.0976. The molecule has 6 nitrogen and oxygen atoms in total. The Kier molecular flexibility index (Phi) is 7.59. The molecule has 0 bridgehead atoms. The summed E-state index contributed by atoms with van der Waals surface area (Å²) in [5.74, 6) is 1.40. The number of fused-ring (bicyclic) bond motifs is 1. The van der Waals surface area contributed by atoms with Gasteiger partial charge >= 0.3 is 0 Å². The van der Waals surface area contributed by atoms with Crippen molar-refractivity contribution in [3.05, 3.63) is 88.9 Å². The maximum absolute atomic E-state index is 13.1. The van der Waals surface area contributed by atoms with Crippen LogP contribution in [-0.4, -0.2) is 41.3 Å². The summed E-state index contributed by atoms with van der Waals surface area (Å²) in [5.41, 5.74) is 4.51. The van der Waals surface area contributed by atoms with Gasteiger partial charge in [0.25, 0.3) is 5.91 Å². The number of furan rings is 1. The van der Waals surface area contributed by atoms with Gasteiger partial charge in [0.1, 0.15) is 11.5 Å². The molecule has 2 atom stereocenters. The number of hydrogen-bond acceptors (Lipinski definition) is 4. The van der Waals surface area contributed by atoms with E-state index < -0.39 is 6.10 Å². The second-order valence-corrected chi connectivity index (χ2v) is 9.16. The van der Waals surface area contributed by atoms with Gasteiger partial charge in [0.05, 0.1) is 18.8 Å². The van der Waals surface area contributed by atoms with Crippen LogP contribution >= 0.6 is 0 Å². The first kappa shape index (κ1) is 24.6. The Labute approximate surface area is 207 Å². The first-order valence-electron chi connectivity index (χ1n) is 12.3. The number of likely N-dealkylation sites (N-methyl/N-ethyl adjacent to an activating group) is 1. The van der Waals surface area contributed by atoms with Crippen molar-refractivity contribution in [3.8, 4) is 5.75 Å². The van der Waals surface area contributed by atoms with E-state index >= 15 is 0 Å². The van der Waals surface area contributed by atoms with E-state index in [9.17, 15) is 9.59 Å². The smallest absolute Gasteiger partial charge is 0.263 e. The Bertz CT molecular complexity index is 1170. The Hall–Kier alpha value is -3.54. The van der Waals surface area contributed by atoms with Crippen molar-refractivity contribution in [3.63, 3.8) is 0 Å². The van der Waals surface area contributed by atoms with Gasteiger partial charge in [-0.3, -0.25) is 9.59 Å². The first-order valence-corrected chi connectivity index (χ1v) is 12.3. The molecular weight excluding hydrogens is 440 g/mol. The molecule has 2 aromatic carbocycles. The summed E-state index contributed by atoms with van der Waals surface area (Å²) in [7, 11) is 1.76. The Morgan fingerprint density at radius 3 is 2.66 bits per heavy atom. The molecule has 0 radical (unpaired) electrons. The highest BCUT2D eigenvalue weighted by atomic mass is 16.5. The van der Waals surface area contributed by atoms with Gasteiger partial charge in [-0.25, -0.2) is 0 Å². The summed E-state index contributed by atoms with van der Waals surface area (Å²) in [5, 5.41) is 0. The third kappa shape index (κ3) is 5.42. The second kappa shape index (κ2) is 10.8. The zero-order valence-corrected chi connectivity index (χ0v) is 21.0. The van der Waals surface area contributed by atoms with E-state index in [1.807, 2.05) is 49.1 Å². The van der Waals surface area contributed by atoms with E-state index in [1.165, 1.54) is 5.56 Å². The summed E-state index contributed by atoms with van der Waals surface area (Å²) >= 11 is 0. The molecule has 0 saturated heterocycles. The largest absolute Gasteiger partial charge is 0.481 e. The van der Waals surface area contributed by atoms with Gasteiger partial charge in [-0.1, -0.05) is 49.7 Å². The standard InChI is InChI=1S/C29H34N2O4/c1-5-26(29(33)30(4)19-24-11-8-16-34-24)35-23-13-12-21-14-15-31(27(32)6-2)28(25(21)18-23)22-10-7-9-20(3)17-22/h7-13,16-18,26,28H,5-6,14-15,19H2,1-4H3. The number of amides is 2. The van der Waals surface area contributed by atoms with Gasteiger partial charge in [-0.15, -0.1) is 0 Å². The first-order chi connectivity index (χ1) is 16.9. The van der Waals surface area contributed by atoms with Crippen LogP contribution in [0, 0.1) is 6.92 Å². The molecule has 3 aromatic rings. The molecule has 0 saturated carbocycles. The molecule has 2 unspecified atom stereocenters. The van der Waals surface area contributed by atoms with Crippen molar-refractivity contribution in [2.75, 3.05) is 13.6 Å². The molecule has 1 aromatic heterocycles. The minimum Gasteiger partial charge on any atom is -0.481 e. The molecule has 0 aliphatic carbocycles. The number of ether oxygens (including phenoxy) is 1. The fourth-order valence-electron chi connectivity index (χ4n) is 4.77. The molecule has 0 N–H and O–H groups in total. The number of carbonyl (C=O) groups excluding carboxylic acids is 2. The number of benzene rings is 2. The zero-order valence-electron chi connectivity index (χ0n) is 21.0. The van der Waals surface area contributed by atoms with Gasteiger partial charge in [0, 0.05) is 20.0 Å². The van der Waals surface area contributed by atoms with E-state index in [0.717, 1.165) is 28.9 Å². The summed E-state index contributed by atoms with van der Waals surface area (Å²) in [4.78, 5) is 29.6. The van der Waals surface area contributed by atoms with Crippen molar-refractivity contribution < 1.29 is 18.7 Å². The van der Waals surface area contributed by atoms with Crippen LogP contribution in [0.15, 0.2) is 65.3 Å². The van der Waals surface area contributed by atoms with E-state index in [2.05, 4.69) is 31.2 Å². The summed E-state index contributed by atoms with van der Waals surface area (Å²) in [6.45, 7) is 6.99. The molecule has 0 spiro atoms. The van der Waals surface area contributed by atoms with Crippen LogP contribution in [-0.2, 0) is 22.6 Å². The molecule has 1 aliphatic heterocycles. The van der Waals surface area contributed by atoms with Crippen LogP contribution in [0.4, 0.5) is 0 Å². The van der Waals surface area contributed by atoms with E-state index in [-0.39, 0.29) is 17.9 Å². The monoisotopic (exact) mass is 474 g/mol. The van der Waals surface area contributed by atoms with Crippen LogP contribution in [0.2, 0.25) is 0 Å². The van der Waals surface area contributed by atoms with Gasteiger partial charge in [0.15, 0.2) is 6.10 Å². The summed E-state index contributed by atoms with van der Waals surface area (Å²) < 4.78 is 11.6. The van der Waals surface area contributed by atoms with E-state index in [1.54, 1.807) is 18.2 Å². The van der Waals surface area contributed by atoms with Crippen LogP contribution in [0.3, 0.4) is 0 Å². The average Bonchev–Trinajstić information content (AvgIpc) is 3.38. The quantitative estimate of drug-likeness (QED) is 0.445. The van der Waals surface area contributed by atoms with Crippen molar-refractivity contribution in [1.29, 1.82) is 0 Å². The van der Waals surface area contributed by atoms with Crippen molar-refractivity contribution in [2.24, 2.45) is 0 Å². The predicted octanol–water partition coefficient (Wildman–Crippen LogP) is 5.29. The Morgan fingerprint density at radius 2 is 1.97 bits per heavy atom. The highest BCUT2D eigenvalue weighted by molar-refractivity contribution is 5.81. The number of aryl methyl sites for hydroxylation is 1. The maximum atomic E-state index is 13.1. The summed E-state index contributed by atoms with van der Waals surface area (Å²) in [6, 6.07) is 17.8. The van der Waals surface area contributed by atoms with Crippen molar-refractivity contribution >= 4 is 11.8 Å². The van der Waals surface area contributed by atoms with Crippen molar-refractivity contribution in [2.45, 2.75) is 58.7 Å². The summed E-state index contributed by atoms with van der Waals surface area (Å²) in [6.07, 6.45) is 2.79. The molecule has 2 amide bonds. The Morgan fingerprint density at radius 1 is 1.14 bits per heavy atom. The fraction of sp³-hybridized carbons (Fsp3) is 0.379. The lowest BCUT2D eigenvalue weighted by Crippen LogP contribution is -2.40. The second-order valence-electron chi connectivity index (χ2n) is 9.16. The van der Waals surface area contributed by atoms with Gasteiger partial charge in [-0.05, 0) is 60.7 Å². The highest BCUT2D eigenvalue weighted by Crippen LogP contribution is 2.38. The molecule has 35 heavy (non-hydrogen) atoms. The number of hydrogen-bond donors (Lipinski definition) is 0. The molecule has 2 heterocycles. The van der Waals surface area contributed by atoms with Gasteiger partial charge < -0.3 is 19.0 Å². The lowest BCUT2D eigenvalue weighted by Gasteiger charge is -2.38. The SMILES string of the molecule is CCC(=O)N1CCc2ccc(OC(CC)C(=O)N(C)Cc3ccco3)cc2C1c1cccc(C)c1. The average molecular weight is 475 g/mol. The molecule has 184 valence electrons. The molecule has 0 fully saturated rings. The predicted molar refractivity (Wildman–Crippen MR) is 135 cm³/mol. The fourth-order valence-corrected chi connectivity index (χ4v) is 4.77. The van der Waals surface area contributed by atoms with Crippen LogP contribution in [0.5, 0.6) is 5.75 Å². The number of carbonyl (C=O) groups is 2. The minimum atomic E-state index is -0.609. The van der Waals surface area contributed by atoms with Gasteiger partial charge in [-0.2, -0.15) is 0 Å². The molecule has 6 heteroatoms. The molecular formula is C29H34N2O4. The van der Waals surface area contributed by atoms with E-state index in [0.29, 0.717) is 31.7 Å². The normalized spacial score (nSPS) is 15.9. The molecule has 4 rings (SSSR count). The molecule has 1 aliphatic rings. The van der Waals surface area contributed by atoms with Crippen molar-refractivity contribution in [1.82, 2.24) is 9.80 Å². The highest BCUT2D eigenvalue weighted by Gasteiger charge is 2.32. The topological polar surface area (TPSA) is 63.0 Å². The Balaban J connectivity index is 1.62.